The predicted octanol–water partition coefficient (Wildman–Crippen LogP) is 0.952. The summed E-state index contributed by atoms with van der Waals surface area (Å²) in [6, 6.07) is 7.54. The number of nitrogens with one attached hydrogen (secondary N) is 4. The van der Waals surface area contributed by atoms with E-state index in [9.17, 15) is 14.4 Å². The van der Waals surface area contributed by atoms with Crippen LogP contribution in [-0.2, 0) is 20.9 Å². The number of rotatable bonds is 10. The van der Waals surface area contributed by atoms with Gasteiger partial charge in [0.1, 0.15) is 12.1 Å². The van der Waals surface area contributed by atoms with Crippen molar-refractivity contribution in [3.05, 3.63) is 35.9 Å². The highest BCUT2D eigenvalue weighted by molar-refractivity contribution is 5.92. The van der Waals surface area contributed by atoms with Crippen LogP contribution in [0.4, 0.5) is 0 Å². The molecule has 0 aliphatic heterocycles. The molecule has 0 radical (unpaired) electrons. The van der Waals surface area contributed by atoms with Crippen LogP contribution in [0.3, 0.4) is 0 Å². The number of carbonyl (C=O) groups is 3. The third-order valence-corrected chi connectivity index (χ3v) is 4.43. The Hall–Kier alpha value is -2.45. The highest BCUT2D eigenvalue weighted by atomic mass is 16.5. The molecule has 0 unspecified atom stereocenters. The van der Waals surface area contributed by atoms with E-state index in [-0.39, 0.29) is 17.7 Å². The molecule has 0 saturated carbocycles. The predicted molar refractivity (Wildman–Crippen MR) is 106 cm³/mol. The van der Waals surface area contributed by atoms with E-state index >= 15 is 0 Å². The molecule has 1 rings (SSSR count). The van der Waals surface area contributed by atoms with E-state index in [1.807, 2.05) is 58.0 Å². The van der Waals surface area contributed by atoms with Crippen LogP contribution in [-0.4, -0.2) is 41.1 Å². The first-order valence-corrected chi connectivity index (χ1v) is 9.49. The average Bonchev–Trinajstić information content (AvgIpc) is 2.65. The molecule has 0 heterocycles. The van der Waals surface area contributed by atoms with E-state index in [0.717, 1.165) is 5.56 Å². The van der Waals surface area contributed by atoms with Gasteiger partial charge in [0, 0.05) is 6.54 Å². The lowest BCUT2D eigenvalue weighted by Gasteiger charge is -2.27. The zero-order valence-corrected chi connectivity index (χ0v) is 17.2. The summed E-state index contributed by atoms with van der Waals surface area (Å²) in [7, 11) is 0. The number of benzene rings is 1. The minimum atomic E-state index is -0.923. The van der Waals surface area contributed by atoms with Crippen molar-refractivity contribution in [2.45, 2.75) is 59.3 Å². The first-order chi connectivity index (χ1) is 13.2. The lowest BCUT2D eigenvalue weighted by Crippen LogP contribution is -2.58. The Morgan fingerprint density at radius 1 is 0.821 bits per heavy atom. The van der Waals surface area contributed by atoms with Gasteiger partial charge >= 0.3 is 0 Å². The fourth-order valence-electron chi connectivity index (χ4n) is 2.70. The Labute approximate surface area is 166 Å². The largest absolute Gasteiger partial charge is 0.343 e. The minimum Gasteiger partial charge on any atom is -0.343 e. The van der Waals surface area contributed by atoms with Crippen molar-refractivity contribution >= 4 is 17.7 Å². The standard InChI is InChI=1S/C20H32N4O4/c1-12(2)16(21-11-15-9-7-6-8-10-15)19(26)23-17(13(3)4)20(27)22-14(5)18(25)24-28/h6-10,12-14,16-17,21,28H,11H2,1-5H3,(H,22,27)(H,23,26)(H,24,25)/t14-,16-,17-/m0/s1. The van der Waals surface area contributed by atoms with Crippen molar-refractivity contribution in [3.8, 4) is 0 Å². The molecule has 0 spiro atoms. The van der Waals surface area contributed by atoms with Gasteiger partial charge < -0.3 is 16.0 Å². The maximum absolute atomic E-state index is 12.8. The third-order valence-electron chi connectivity index (χ3n) is 4.43. The van der Waals surface area contributed by atoms with E-state index in [2.05, 4.69) is 16.0 Å². The van der Waals surface area contributed by atoms with Crippen LogP contribution in [0.2, 0.25) is 0 Å². The third kappa shape index (κ3) is 7.28. The first-order valence-electron chi connectivity index (χ1n) is 9.49. The second-order valence-corrected chi connectivity index (χ2v) is 7.52. The van der Waals surface area contributed by atoms with Gasteiger partial charge in [0.25, 0.3) is 5.91 Å². The van der Waals surface area contributed by atoms with Crippen LogP contribution >= 0.6 is 0 Å². The number of hydrogen-bond donors (Lipinski definition) is 5. The van der Waals surface area contributed by atoms with Crippen molar-refractivity contribution in [1.29, 1.82) is 0 Å². The molecule has 5 N–H and O–H groups in total. The number of carbonyl (C=O) groups excluding carboxylic acids is 3. The first kappa shape index (κ1) is 23.6. The lowest BCUT2D eigenvalue weighted by molar-refractivity contribution is -0.136. The molecule has 1 aromatic carbocycles. The molecule has 0 aliphatic carbocycles. The molecule has 0 bridgehead atoms. The van der Waals surface area contributed by atoms with E-state index in [4.69, 9.17) is 5.21 Å². The van der Waals surface area contributed by atoms with Gasteiger partial charge in [-0.1, -0.05) is 58.0 Å². The normalized spacial score (nSPS) is 14.3. The van der Waals surface area contributed by atoms with Gasteiger partial charge in [0.05, 0.1) is 6.04 Å². The quantitative estimate of drug-likeness (QED) is 0.300. The van der Waals surface area contributed by atoms with Crippen molar-refractivity contribution in [2.75, 3.05) is 0 Å². The maximum atomic E-state index is 12.8. The number of amides is 3. The van der Waals surface area contributed by atoms with Gasteiger partial charge in [-0.15, -0.1) is 0 Å². The Balaban J connectivity index is 2.78. The van der Waals surface area contributed by atoms with E-state index in [0.29, 0.717) is 6.54 Å². The summed E-state index contributed by atoms with van der Waals surface area (Å²) in [4.78, 5) is 36.7. The van der Waals surface area contributed by atoms with E-state index in [1.54, 1.807) is 0 Å². The lowest BCUT2D eigenvalue weighted by atomic mass is 9.99. The molecule has 1 aromatic rings. The topological polar surface area (TPSA) is 120 Å². The molecule has 8 heteroatoms. The monoisotopic (exact) mass is 392 g/mol. The fraction of sp³-hybridized carbons (Fsp3) is 0.550. The summed E-state index contributed by atoms with van der Waals surface area (Å²) in [5, 5.41) is 17.2. The zero-order chi connectivity index (χ0) is 21.3. The van der Waals surface area contributed by atoms with Crippen LogP contribution < -0.4 is 21.4 Å². The van der Waals surface area contributed by atoms with Gasteiger partial charge in [-0.25, -0.2) is 5.48 Å². The van der Waals surface area contributed by atoms with Crippen LogP contribution in [0.1, 0.15) is 40.2 Å². The highest BCUT2D eigenvalue weighted by Crippen LogP contribution is 2.08. The molecule has 28 heavy (non-hydrogen) atoms. The summed E-state index contributed by atoms with van der Waals surface area (Å²) < 4.78 is 0. The average molecular weight is 393 g/mol. The Morgan fingerprint density at radius 2 is 1.36 bits per heavy atom. The second kappa shape index (κ2) is 11.4. The second-order valence-electron chi connectivity index (χ2n) is 7.52. The molecule has 0 aromatic heterocycles. The number of hydrogen-bond acceptors (Lipinski definition) is 5. The minimum absolute atomic E-state index is 0.0127. The summed E-state index contributed by atoms with van der Waals surface area (Å²) in [5.74, 6) is -1.66. The Bertz CT molecular complexity index is 649. The summed E-state index contributed by atoms with van der Waals surface area (Å²) in [6.45, 7) is 9.46. The van der Waals surface area contributed by atoms with Gasteiger partial charge in [-0.2, -0.15) is 0 Å². The van der Waals surface area contributed by atoms with Crippen LogP contribution in [0.5, 0.6) is 0 Å². The summed E-state index contributed by atoms with van der Waals surface area (Å²) >= 11 is 0. The Kier molecular flexibility index (Phi) is 9.61. The molecule has 0 aliphatic rings. The van der Waals surface area contributed by atoms with Crippen LogP contribution in [0.25, 0.3) is 0 Å². The molecule has 156 valence electrons. The molecule has 3 atom stereocenters. The van der Waals surface area contributed by atoms with Crippen molar-refractivity contribution in [1.82, 2.24) is 21.4 Å². The summed E-state index contributed by atoms with van der Waals surface area (Å²) in [6.07, 6.45) is 0. The van der Waals surface area contributed by atoms with Crippen molar-refractivity contribution in [3.63, 3.8) is 0 Å². The van der Waals surface area contributed by atoms with Crippen LogP contribution in [0.15, 0.2) is 30.3 Å². The van der Waals surface area contributed by atoms with Crippen molar-refractivity contribution in [2.24, 2.45) is 11.8 Å². The molecular weight excluding hydrogens is 360 g/mol. The van der Waals surface area contributed by atoms with Crippen LogP contribution in [0, 0.1) is 11.8 Å². The maximum Gasteiger partial charge on any atom is 0.265 e. The molecule has 0 saturated heterocycles. The molecule has 8 nitrogen and oxygen atoms in total. The van der Waals surface area contributed by atoms with E-state index in [1.165, 1.54) is 12.4 Å². The summed E-state index contributed by atoms with van der Waals surface area (Å²) in [5.41, 5.74) is 2.55. The zero-order valence-electron chi connectivity index (χ0n) is 17.2. The highest BCUT2D eigenvalue weighted by Gasteiger charge is 2.30. The molecule has 0 fully saturated rings. The molecular formula is C20H32N4O4. The van der Waals surface area contributed by atoms with E-state index < -0.39 is 29.9 Å². The smallest absolute Gasteiger partial charge is 0.265 e. The molecule has 3 amide bonds. The van der Waals surface area contributed by atoms with Gasteiger partial charge in [-0.3, -0.25) is 19.6 Å². The SMILES string of the molecule is CC(C)[C@H](NCc1ccccc1)C(=O)N[C@H](C(=O)N[C@@H](C)C(=O)NO)C(C)C. The van der Waals surface area contributed by atoms with Gasteiger partial charge in [0.2, 0.25) is 11.8 Å². The Morgan fingerprint density at radius 3 is 1.86 bits per heavy atom. The van der Waals surface area contributed by atoms with Crippen molar-refractivity contribution < 1.29 is 19.6 Å². The van der Waals surface area contributed by atoms with Gasteiger partial charge in [0.15, 0.2) is 0 Å². The fourth-order valence-corrected chi connectivity index (χ4v) is 2.70. The van der Waals surface area contributed by atoms with Gasteiger partial charge in [-0.05, 0) is 24.3 Å². The number of hydroxylamine groups is 1.